The average molecular weight is 250 g/mol. The second-order valence-electron chi connectivity index (χ2n) is 3.81. The van der Waals surface area contributed by atoms with Crippen molar-refractivity contribution in [3.05, 3.63) is 29.7 Å². The minimum absolute atomic E-state index is 0.0714. The lowest BCUT2D eigenvalue weighted by Gasteiger charge is -2.16. The molecule has 0 aliphatic heterocycles. The van der Waals surface area contributed by atoms with E-state index in [2.05, 4.69) is 0 Å². The fourth-order valence-corrected chi connectivity index (χ4v) is 1.47. The van der Waals surface area contributed by atoms with Crippen LogP contribution >= 0.6 is 0 Å². The van der Waals surface area contributed by atoms with Crippen LogP contribution in [0, 0.1) is 0 Å². The van der Waals surface area contributed by atoms with Gasteiger partial charge in [-0.1, -0.05) is 6.92 Å². The summed E-state index contributed by atoms with van der Waals surface area (Å²) in [7, 11) is 0. The number of hydrogen-bond donors (Lipinski definition) is 1. The molecule has 0 saturated heterocycles. The molecule has 5 nitrogen and oxygen atoms in total. The van der Waals surface area contributed by atoms with Gasteiger partial charge in [0.1, 0.15) is 11.5 Å². The molecule has 2 N–H and O–H groups in total. The van der Waals surface area contributed by atoms with Crippen LogP contribution in [0.3, 0.4) is 0 Å². The SMILES string of the molecule is CCc1ccc(C=CC(=O)N(CC)CC(N)=O)o1. The zero-order chi connectivity index (χ0) is 13.5. The number of amides is 2. The first-order valence-electron chi connectivity index (χ1n) is 5.90. The molecule has 0 aromatic carbocycles. The Labute approximate surface area is 106 Å². The van der Waals surface area contributed by atoms with Crippen molar-refractivity contribution < 1.29 is 14.0 Å². The van der Waals surface area contributed by atoms with Crippen LogP contribution in [0.25, 0.3) is 6.08 Å². The van der Waals surface area contributed by atoms with Crippen molar-refractivity contribution >= 4 is 17.9 Å². The molecule has 0 radical (unpaired) electrons. The minimum atomic E-state index is -0.523. The Kier molecular flexibility index (Phi) is 5.17. The van der Waals surface area contributed by atoms with E-state index in [0.717, 1.165) is 12.2 Å². The van der Waals surface area contributed by atoms with E-state index in [4.69, 9.17) is 10.2 Å². The van der Waals surface area contributed by atoms with Gasteiger partial charge in [-0.05, 0) is 25.1 Å². The number of likely N-dealkylation sites (N-methyl/N-ethyl adjacent to an activating group) is 1. The van der Waals surface area contributed by atoms with Crippen LogP contribution in [0.4, 0.5) is 0 Å². The van der Waals surface area contributed by atoms with E-state index in [1.165, 1.54) is 11.0 Å². The molecule has 5 heteroatoms. The first kappa shape index (κ1) is 14.0. The normalized spacial score (nSPS) is 10.8. The lowest BCUT2D eigenvalue weighted by molar-refractivity contribution is -0.130. The predicted molar refractivity (Wildman–Crippen MR) is 68.6 cm³/mol. The van der Waals surface area contributed by atoms with Crippen LogP contribution in [-0.4, -0.2) is 29.8 Å². The summed E-state index contributed by atoms with van der Waals surface area (Å²) in [5.74, 6) is 0.706. The highest BCUT2D eigenvalue weighted by atomic mass is 16.3. The van der Waals surface area contributed by atoms with Gasteiger partial charge >= 0.3 is 0 Å². The van der Waals surface area contributed by atoms with Crippen molar-refractivity contribution in [3.63, 3.8) is 0 Å². The zero-order valence-corrected chi connectivity index (χ0v) is 10.7. The van der Waals surface area contributed by atoms with E-state index in [0.29, 0.717) is 12.3 Å². The molecule has 1 rings (SSSR count). The Morgan fingerprint density at radius 1 is 1.39 bits per heavy atom. The summed E-state index contributed by atoms with van der Waals surface area (Å²) < 4.78 is 5.43. The Balaban J connectivity index is 2.64. The van der Waals surface area contributed by atoms with Gasteiger partial charge in [-0.25, -0.2) is 0 Å². The van der Waals surface area contributed by atoms with Crippen LogP contribution in [-0.2, 0) is 16.0 Å². The summed E-state index contributed by atoms with van der Waals surface area (Å²) in [6.45, 7) is 4.14. The summed E-state index contributed by atoms with van der Waals surface area (Å²) in [4.78, 5) is 23.9. The second kappa shape index (κ2) is 6.64. The molecule has 0 unspecified atom stereocenters. The molecular weight excluding hydrogens is 232 g/mol. The van der Waals surface area contributed by atoms with Crippen molar-refractivity contribution in [3.8, 4) is 0 Å². The third kappa shape index (κ3) is 4.08. The molecule has 0 atom stereocenters. The Morgan fingerprint density at radius 3 is 2.61 bits per heavy atom. The highest BCUT2D eigenvalue weighted by molar-refractivity contribution is 5.93. The van der Waals surface area contributed by atoms with Gasteiger partial charge in [0.25, 0.3) is 0 Å². The van der Waals surface area contributed by atoms with Gasteiger partial charge in [0.05, 0.1) is 6.54 Å². The third-order valence-corrected chi connectivity index (χ3v) is 2.46. The number of nitrogens with zero attached hydrogens (tertiary/aromatic N) is 1. The van der Waals surface area contributed by atoms with Crippen LogP contribution < -0.4 is 5.73 Å². The molecule has 0 aliphatic carbocycles. The first-order valence-corrected chi connectivity index (χ1v) is 5.90. The van der Waals surface area contributed by atoms with Gasteiger partial charge < -0.3 is 15.1 Å². The minimum Gasteiger partial charge on any atom is -0.462 e. The van der Waals surface area contributed by atoms with Crippen molar-refractivity contribution in [1.29, 1.82) is 0 Å². The third-order valence-electron chi connectivity index (χ3n) is 2.46. The van der Waals surface area contributed by atoms with Crippen molar-refractivity contribution in [2.75, 3.05) is 13.1 Å². The first-order chi connectivity index (χ1) is 8.56. The van der Waals surface area contributed by atoms with Crippen molar-refractivity contribution in [2.24, 2.45) is 5.73 Å². The molecule has 0 aliphatic rings. The molecule has 0 saturated carbocycles. The van der Waals surface area contributed by atoms with Crippen LogP contribution in [0.2, 0.25) is 0 Å². The second-order valence-corrected chi connectivity index (χ2v) is 3.81. The maximum absolute atomic E-state index is 11.7. The smallest absolute Gasteiger partial charge is 0.247 e. The Morgan fingerprint density at radius 2 is 2.11 bits per heavy atom. The molecule has 0 bridgehead atoms. The largest absolute Gasteiger partial charge is 0.462 e. The molecular formula is C13H18N2O3. The van der Waals surface area contributed by atoms with E-state index in [9.17, 15) is 9.59 Å². The maximum Gasteiger partial charge on any atom is 0.247 e. The van der Waals surface area contributed by atoms with Gasteiger partial charge in [0.15, 0.2) is 0 Å². The monoisotopic (exact) mass is 250 g/mol. The van der Waals surface area contributed by atoms with Gasteiger partial charge in [0, 0.05) is 19.0 Å². The van der Waals surface area contributed by atoms with Crippen molar-refractivity contribution in [1.82, 2.24) is 4.90 Å². The van der Waals surface area contributed by atoms with E-state index in [1.54, 1.807) is 19.1 Å². The molecule has 2 amide bonds. The van der Waals surface area contributed by atoms with Crippen molar-refractivity contribution in [2.45, 2.75) is 20.3 Å². The lowest BCUT2D eigenvalue weighted by atomic mass is 10.3. The van der Waals surface area contributed by atoms with Gasteiger partial charge in [0.2, 0.25) is 11.8 Å². The number of aryl methyl sites for hydroxylation is 1. The van der Waals surface area contributed by atoms with E-state index in [-0.39, 0.29) is 12.5 Å². The molecule has 1 heterocycles. The van der Waals surface area contributed by atoms with E-state index in [1.807, 2.05) is 13.0 Å². The Bertz CT molecular complexity index is 449. The predicted octanol–water partition coefficient (Wildman–Crippen LogP) is 1.19. The number of nitrogens with two attached hydrogens (primary N) is 1. The summed E-state index contributed by atoms with van der Waals surface area (Å²) in [5.41, 5.74) is 5.06. The topological polar surface area (TPSA) is 76.5 Å². The molecule has 98 valence electrons. The number of carbonyl (C=O) groups excluding carboxylic acids is 2. The molecule has 1 aromatic rings. The summed E-state index contributed by atoms with van der Waals surface area (Å²) in [5, 5.41) is 0. The molecule has 0 spiro atoms. The quantitative estimate of drug-likeness (QED) is 0.770. The highest BCUT2D eigenvalue weighted by Gasteiger charge is 2.10. The maximum atomic E-state index is 11.7. The molecule has 0 fully saturated rings. The standard InChI is InChI=1S/C13H18N2O3/c1-3-10-5-6-11(18-10)7-8-13(17)15(4-2)9-12(14)16/h5-8H,3-4,9H2,1-2H3,(H2,14,16). The average Bonchev–Trinajstić information content (AvgIpc) is 2.80. The highest BCUT2D eigenvalue weighted by Crippen LogP contribution is 2.10. The van der Waals surface area contributed by atoms with E-state index >= 15 is 0 Å². The van der Waals surface area contributed by atoms with Gasteiger partial charge in [-0.2, -0.15) is 0 Å². The molecule has 1 aromatic heterocycles. The fraction of sp³-hybridized carbons (Fsp3) is 0.385. The van der Waals surface area contributed by atoms with Gasteiger partial charge in [-0.3, -0.25) is 9.59 Å². The number of primary amides is 1. The van der Waals surface area contributed by atoms with Crippen LogP contribution in [0.15, 0.2) is 22.6 Å². The van der Waals surface area contributed by atoms with Crippen LogP contribution in [0.1, 0.15) is 25.4 Å². The summed E-state index contributed by atoms with van der Waals surface area (Å²) in [6.07, 6.45) is 3.78. The molecule has 18 heavy (non-hydrogen) atoms. The summed E-state index contributed by atoms with van der Waals surface area (Å²) in [6, 6.07) is 3.66. The van der Waals surface area contributed by atoms with E-state index < -0.39 is 5.91 Å². The number of hydrogen-bond acceptors (Lipinski definition) is 3. The Hall–Kier alpha value is -2.04. The van der Waals surface area contributed by atoms with Gasteiger partial charge in [-0.15, -0.1) is 0 Å². The number of carbonyl (C=O) groups is 2. The number of furan rings is 1. The number of rotatable bonds is 6. The zero-order valence-electron chi connectivity index (χ0n) is 10.7. The summed E-state index contributed by atoms with van der Waals surface area (Å²) >= 11 is 0. The lowest BCUT2D eigenvalue weighted by Crippen LogP contribution is -2.37. The van der Waals surface area contributed by atoms with Crippen LogP contribution in [0.5, 0.6) is 0 Å². The fourth-order valence-electron chi connectivity index (χ4n) is 1.47.